The number of aliphatic hydroxyl groups excluding tert-OH is 1. The molecule has 1 aromatic heterocycles. The standard InChI is InChI=1S/C14H20N4O2/c1-11(12-4-3-5-14(8-12)20-2)15-9-13-10-18(6-7-19)17-16-13/h3-5,8,10-11,15,19H,6-7,9H2,1-2H3/t11-/m0/s1. The average molecular weight is 276 g/mol. The molecule has 0 aliphatic carbocycles. The summed E-state index contributed by atoms with van der Waals surface area (Å²) in [7, 11) is 1.66. The molecule has 20 heavy (non-hydrogen) atoms. The van der Waals surface area contributed by atoms with E-state index in [0.29, 0.717) is 13.1 Å². The van der Waals surface area contributed by atoms with Crippen molar-refractivity contribution in [1.82, 2.24) is 20.3 Å². The van der Waals surface area contributed by atoms with Crippen LogP contribution in [0.3, 0.4) is 0 Å². The molecule has 2 aromatic rings. The van der Waals surface area contributed by atoms with E-state index in [4.69, 9.17) is 9.84 Å². The maximum absolute atomic E-state index is 8.83. The molecule has 0 aliphatic heterocycles. The summed E-state index contributed by atoms with van der Waals surface area (Å²) in [6.07, 6.45) is 1.83. The molecule has 0 aliphatic rings. The van der Waals surface area contributed by atoms with Crippen LogP contribution in [0.2, 0.25) is 0 Å². The van der Waals surface area contributed by atoms with Crippen LogP contribution in [0.1, 0.15) is 24.2 Å². The van der Waals surface area contributed by atoms with Gasteiger partial charge in [-0.1, -0.05) is 17.3 Å². The SMILES string of the molecule is COc1cccc([C@H](C)NCc2cn(CCO)nn2)c1. The lowest BCUT2D eigenvalue weighted by molar-refractivity contribution is 0.268. The zero-order chi connectivity index (χ0) is 14.4. The van der Waals surface area contributed by atoms with Crippen LogP contribution in [0.5, 0.6) is 5.75 Å². The van der Waals surface area contributed by atoms with Gasteiger partial charge in [-0.3, -0.25) is 0 Å². The van der Waals surface area contributed by atoms with Crippen molar-refractivity contribution in [2.45, 2.75) is 26.1 Å². The molecule has 1 atom stereocenters. The van der Waals surface area contributed by atoms with Crippen molar-refractivity contribution in [1.29, 1.82) is 0 Å². The predicted octanol–water partition coefficient (Wildman–Crippen LogP) is 1.13. The van der Waals surface area contributed by atoms with Crippen LogP contribution < -0.4 is 10.1 Å². The lowest BCUT2D eigenvalue weighted by Crippen LogP contribution is -2.18. The highest BCUT2D eigenvalue weighted by molar-refractivity contribution is 5.30. The van der Waals surface area contributed by atoms with Gasteiger partial charge < -0.3 is 15.2 Å². The molecule has 6 nitrogen and oxygen atoms in total. The summed E-state index contributed by atoms with van der Waals surface area (Å²) < 4.78 is 6.85. The molecular formula is C14H20N4O2. The van der Waals surface area contributed by atoms with E-state index in [1.807, 2.05) is 24.4 Å². The number of rotatable bonds is 7. The fraction of sp³-hybridized carbons (Fsp3) is 0.429. The van der Waals surface area contributed by atoms with Crippen molar-refractivity contribution < 1.29 is 9.84 Å². The van der Waals surface area contributed by atoms with E-state index in [-0.39, 0.29) is 12.6 Å². The van der Waals surface area contributed by atoms with E-state index in [1.54, 1.807) is 11.8 Å². The Bertz CT molecular complexity index is 541. The Morgan fingerprint density at radius 2 is 2.30 bits per heavy atom. The first kappa shape index (κ1) is 14.5. The van der Waals surface area contributed by atoms with Crippen LogP contribution in [-0.4, -0.2) is 33.8 Å². The first-order valence-electron chi connectivity index (χ1n) is 6.60. The highest BCUT2D eigenvalue weighted by Gasteiger charge is 2.07. The molecule has 0 saturated carbocycles. The van der Waals surface area contributed by atoms with Gasteiger partial charge in [0.2, 0.25) is 0 Å². The topological polar surface area (TPSA) is 72.2 Å². The maximum atomic E-state index is 8.83. The predicted molar refractivity (Wildman–Crippen MR) is 75.4 cm³/mol. The monoisotopic (exact) mass is 276 g/mol. The van der Waals surface area contributed by atoms with Crippen molar-refractivity contribution >= 4 is 0 Å². The summed E-state index contributed by atoms with van der Waals surface area (Å²) in [6, 6.07) is 8.16. The largest absolute Gasteiger partial charge is 0.497 e. The van der Waals surface area contributed by atoms with Gasteiger partial charge in [-0.25, -0.2) is 4.68 Å². The van der Waals surface area contributed by atoms with Crippen molar-refractivity contribution in [2.24, 2.45) is 0 Å². The fourth-order valence-electron chi connectivity index (χ4n) is 1.92. The van der Waals surface area contributed by atoms with Crippen LogP contribution in [-0.2, 0) is 13.1 Å². The molecule has 0 saturated heterocycles. The molecule has 0 unspecified atom stereocenters. The Balaban J connectivity index is 1.91. The third-order valence-electron chi connectivity index (χ3n) is 3.10. The molecule has 2 rings (SSSR count). The van der Waals surface area contributed by atoms with Crippen LogP contribution in [0.25, 0.3) is 0 Å². The third kappa shape index (κ3) is 3.79. The minimum Gasteiger partial charge on any atom is -0.497 e. The minimum absolute atomic E-state index is 0.0659. The van der Waals surface area contributed by atoms with Gasteiger partial charge in [0, 0.05) is 18.8 Å². The second-order valence-corrected chi connectivity index (χ2v) is 4.58. The highest BCUT2D eigenvalue weighted by Crippen LogP contribution is 2.18. The minimum atomic E-state index is 0.0659. The molecule has 0 fully saturated rings. The third-order valence-corrected chi connectivity index (χ3v) is 3.10. The summed E-state index contributed by atoms with van der Waals surface area (Å²) >= 11 is 0. The van der Waals surface area contributed by atoms with E-state index in [0.717, 1.165) is 17.0 Å². The molecule has 1 aromatic carbocycles. The van der Waals surface area contributed by atoms with Crippen LogP contribution >= 0.6 is 0 Å². The van der Waals surface area contributed by atoms with Gasteiger partial charge in [-0.15, -0.1) is 5.10 Å². The molecule has 2 N–H and O–H groups in total. The average Bonchev–Trinajstić information content (AvgIpc) is 2.93. The van der Waals surface area contributed by atoms with Crippen molar-refractivity contribution in [3.05, 3.63) is 41.7 Å². The van der Waals surface area contributed by atoms with Crippen molar-refractivity contribution in [2.75, 3.05) is 13.7 Å². The number of aromatic nitrogens is 3. The number of benzene rings is 1. The van der Waals surface area contributed by atoms with Gasteiger partial charge in [-0.05, 0) is 24.6 Å². The van der Waals surface area contributed by atoms with Crippen molar-refractivity contribution in [3.8, 4) is 5.75 Å². The maximum Gasteiger partial charge on any atom is 0.119 e. The smallest absolute Gasteiger partial charge is 0.119 e. The molecule has 108 valence electrons. The number of hydrogen-bond donors (Lipinski definition) is 2. The summed E-state index contributed by atoms with van der Waals surface area (Å²) in [5, 5.41) is 20.2. The summed E-state index contributed by atoms with van der Waals surface area (Å²) in [6.45, 7) is 3.26. The molecule has 1 heterocycles. The van der Waals surface area contributed by atoms with E-state index < -0.39 is 0 Å². The zero-order valence-corrected chi connectivity index (χ0v) is 11.8. The number of ether oxygens (including phenoxy) is 1. The molecule has 6 heteroatoms. The molecule has 0 radical (unpaired) electrons. The molecule has 0 spiro atoms. The van der Waals surface area contributed by atoms with Gasteiger partial charge >= 0.3 is 0 Å². The summed E-state index contributed by atoms with van der Waals surface area (Å²) in [5.74, 6) is 0.852. The number of nitrogens with one attached hydrogen (secondary N) is 1. The Morgan fingerprint density at radius 1 is 1.45 bits per heavy atom. The van der Waals surface area contributed by atoms with Crippen LogP contribution in [0.15, 0.2) is 30.5 Å². The molecular weight excluding hydrogens is 256 g/mol. The molecule has 0 amide bonds. The number of aliphatic hydroxyl groups is 1. The number of nitrogens with zero attached hydrogens (tertiary/aromatic N) is 3. The lowest BCUT2D eigenvalue weighted by Gasteiger charge is -2.14. The van der Waals surface area contributed by atoms with Gasteiger partial charge in [0.1, 0.15) is 5.75 Å². The summed E-state index contributed by atoms with van der Waals surface area (Å²) in [4.78, 5) is 0. The molecule has 0 bridgehead atoms. The van der Waals surface area contributed by atoms with Gasteiger partial charge in [0.15, 0.2) is 0 Å². The highest BCUT2D eigenvalue weighted by atomic mass is 16.5. The second kappa shape index (κ2) is 7.02. The van der Waals surface area contributed by atoms with Gasteiger partial charge in [-0.2, -0.15) is 0 Å². The Labute approximate surface area is 118 Å². The van der Waals surface area contributed by atoms with E-state index in [1.165, 1.54) is 0 Å². The second-order valence-electron chi connectivity index (χ2n) is 4.58. The number of methoxy groups -OCH3 is 1. The quantitative estimate of drug-likeness (QED) is 0.793. The van der Waals surface area contributed by atoms with Gasteiger partial charge in [0.25, 0.3) is 0 Å². The van der Waals surface area contributed by atoms with Crippen LogP contribution in [0, 0.1) is 0 Å². The normalized spacial score (nSPS) is 12.3. The van der Waals surface area contributed by atoms with E-state index in [9.17, 15) is 0 Å². The zero-order valence-electron chi connectivity index (χ0n) is 11.8. The Hall–Kier alpha value is -1.92. The van der Waals surface area contributed by atoms with Crippen molar-refractivity contribution in [3.63, 3.8) is 0 Å². The first-order valence-corrected chi connectivity index (χ1v) is 6.60. The summed E-state index contributed by atoms with van der Waals surface area (Å²) in [5.41, 5.74) is 2.01. The van der Waals surface area contributed by atoms with E-state index >= 15 is 0 Å². The Kier molecular flexibility index (Phi) is 5.09. The fourth-order valence-corrected chi connectivity index (χ4v) is 1.92. The Morgan fingerprint density at radius 3 is 3.05 bits per heavy atom. The van der Waals surface area contributed by atoms with Gasteiger partial charge in [0.05, 0.1) is 26.0 Å². The number of hydrogen-bond acceptors (Lipinski definition) is 5. The lowest BCUT2D eigenvalue weighted by atomic mass is 10.1. The first-order chi connectivity index (χ1) is 9.72. The van der Waals surface area contributed by atoms with Crippen LogP contribution in [0.4, 0.5) is 0 Å². The van der Waals surface area contributed by atoms with E-state index in [2.05, 4.69) is 28.6 Å².